The predicted molar refractivity (Wildman–Crippen MR) is 114 cm³/mol. The van der Waals surface area contributed by atoms with Crippen LogP contribution in [0.1, 0.15) is 32.8 Å². The number of aliphatic carboxylic acids is 2. The van der Waals surface area contributed by atoms with Gasteiger partial charge in [-0.05, 0) is 24.8 Å². The first-order valence-corrected chi connectivity index (χ1v) is 10.1. The number of benzene rings is 1. The molecule has 0 spiro atoms. The molecule has 1 rings (SSSR count). The van der Waals surface area contributed by atoms with Crippen LogP contribution in [-0.4, -0.2) is 64.0 Å². The molecule has 0 saturated carbocycles. The molecule has 0 heterocycles. The van der Waals surface area contributed by atoms with Gasteiger partial charge in [0.2, 0.25) is 17.7 Å². The molecule has 32 heavy (non-hydrogen) atoms. The predicted octanol–water partition coefficient (Wildman–Crippen LogP) is -0.754. The summed E-state index contributed by atoms with van der Waals surface area (Å²) in [6.07, 6.45) is -0.538. The van der Waals surface area contributed by atoms with Crippen molar-refractivity contribution in [3.05, 3.63) is 35.9 Å². The van der Waals surface area contributed by atoms with Gasteiger partial charge in [-0.25, -0.2) is 4.79 Å². The van der Waals surface area contributed by atoms with Crippen LogP contribution in [-0.2, 0) is 30.4 Å². The van der Waals surface area contributed by atoms with Crippen molar-refractivity contribution in [3.63, 3.8) is 0 Å². The minimum atomic E-state index is -1.64. The lowest BCUT2D eigenvalue weighted by atomic mass is 10.0. The summed E-state index contributed by atoms with van der Waals surface area (Å²) in [7, 11) is 0. The van der Waals surface area contributed by atoms with Crippen molar-refractivity contribution in [2.45, 2.75) is 57.8 Å². The van der Waals surface area contributed by atoms with Crippen LogP contribution in [0.25, 0.3) is 0 Å². The van der Waals surface area contributed by atoms with Crippen molar-refractivity contribution in [2.24, 2.45) is 11.7 Å². The van der Waals surface area contributed by atoms with E-state index in [4.69, 9.17) is 15.9 Å². The van der Waals surface area contributed by atoms with E-state index in [2.05, 4.69) is 16.0 Å². The average Bonchev–Trinajstić information content (AvgIpc) is 2.70. The number of rotatable bonds is 12. The number of carbonyl (C=O) groups excluding carboxylic acids is 3. The van der Waals surface area contributed by atoms with E-state index >= 15 is 0 Å². The Morgan fingerprint density at radius 2 is 1.47 bits per heavy atom. The van der Waals surface area contributed by atoms with Crippen molar-refractivity contribution in [3.8, 4) is 0 Å². The lowest BCUT2D eigenvalue weighted by molar-refractivity contribution is -0.147. The third kappa shape index (κ3) is 8.72. The lowest BCUT2D eigenvalue weighted by Gasteiger charge is -2.25. The van der Waals surface area contributed by atoms with Crippen LogP contribution in [0.5, 0.6) is 0 Å². The van der Waals surface area contributed by atoms with E-state index < -0.39 is 60.2 Å². The van der Waals surface area contributed by atoms with Crippen LogP contribution in [0.15, 0.2) is 30.3 Å². The van der Waals surface area contributed by atoms with Crippen LogP contribution < -0.4 is 21.7 Å². The van der Waals surface area contributed by atoms with E-state index in [1.807, 2.05) is 30.3 Å². The Morgan fingerprint density at radius 1 is 0.875 bits per heavy atom. The van der Waals surface area contributed by atoms with Gasteiger partial charge >= 0.3 is 11.9 Å². The molecule has 11 heteroatoms. The number of nitrogens with one attached hydrogen (secondary N) is 3. The Morgan fingerprint density at radius 3 is 1.97 bits per heavy atom. The largest absolute Gasteiger partial charge is 0.481 e. The molecule has 0 fully saturated rings. The summed E-state index contributed by atoms with van der Waals surface area (Å²) in [6, 6.07) is 4.44. The van der Waals surface area contributed by atoms with Crippen LogP contribution in [0.2, 0.25) is 0 Å². The van der Waals surface area contributed by atoms with Crippen molar-refractivity contribution in [1.29, 1.82) is 0 Å². The zero-order chi connectivity index (χ0) is 24.4. The third-order valence-electron chi connectivity index (χ3n) is 4.63. The number of hydrogen-bond donors (Lipinski definition) is 6. The fourth-order valence-electron chi connectivity index (χ4n) is 2.80. The van der Waals surface area contributed by atoms with E-state index in [1.54, 1.807) is 13.8 Å². The van der Waals surface area contributed by atoms with Crippen LogP contribution in [0, 0.1) is 5.92 Å². The molecule has 3 amide bonds. The molecular weight excluding hydrogens is 420 g/mol. The maximum Gasteiger partial charge on any atom is 0.326 e. The molecule has 0 saturated heterocycles. The molecule has 4 atom stereocenters. The highest BCUT2D eigenvalue weighted by atomic mass is 16.4. The van der Waals surface area contributed by atoms with Gasteiger partial charge in [0.1, 0.15) is 18.1 Å². The number of carboxylic acid groups (broad SMARTS) is 2. The second kappa shape index (κ2) is 12.4. The summed E-state index contributed by atoms with van der Waals surface area (Å²) in [5.74, 6) is -5.32. The molecule has 1 aromatic rings. The molecule has 0 aliphatic rings. The quantitative estimate of drug-likeness (QED) is 0.240. The maximum atomic E-state index is 12.7. The van der Waals surface area contributed by atoms with Crippen molar-refractivity contribution >= 4 is 29.7 Å². The first-order chi connectivity index (χ1) is 14.9. The first-order valence-electron chi connectivity index (χ1n) is 10.1. The Labute approximate surface area is 185 Å². The Hall–Kier alpha value is -3.47. The van der Waals surface area contributed by atoms with Gasteiger partial charge in [0.25, 0.3) is 0 Å². The van der Waals surface area contributed by atoms with Crippen molar-refractivity contribution < 1.29 is 34.2 Å². The van der Waals surface area contributed by atoms with Gasteiger partial charge in [0.15, 0.2) is 0 Å². The van der Waals surface area contributed by atoms with Gasteiger partial charge in [0.05, 0.1) is 12.5 Å². The van der Waals surface area contributed by atoms with Crippen LogP contribution in [0.3, 0.4) is 0 Å². The topological polar surface area (TPSA) is 188 Å². The van der Waals surface area contributed by atoms with Crippen molar-refractivity contribution in [1.82, 2.24) is 16.0 Å². The molecule has 0 aromatic heterocycles. The summed E-state index contributed by atoms with van der Waals surface area (Å²) in [5, 5.41) is 24.8. The minimum Gasteiger partial charge on any atom is -0.481 e. The third-order valence-corrected chi connectivity index (χ3v) is 4.63. The molecule has 7 N–H and O–H groups in total. The molecule has 0 aliphatic carbocycles. The highest BCUT2D eigenvalue weighted by molar-refractivity contribution is 5.94. The number of carboxylic acids is 2. The lowest BCUT2D eigenvalue weighted by Crippen LogP contribution is -2.58. The molecule has 0 bridgehead atoms. The average molecular weight is 450 g/mol. The smallest absolute Gasteiger partial charge is 0.326 e. The number of amides is 3. The van der Waals surface area contributed by atoms with Gasteiger partial charge in [0, 0.05) is 0 Å². The van der Waals surface area contributed by atoms with Crippen molar-refractivity contribution in [2.75, 3.05) is 0 Å². The highest BCUT2D eigenvalue weighted by Gasteiger charge is 2.30. The van der Waals surface area contributed by atoms with Gasteiger partial charge in [-0.2, -0.15) is 0 Å². The molecule has 4 unspecified atom stereocenters. The van der Waals surface area contributed by atoms with Gasteiger partial charge in [-0.1, -0.05) is 44.2 Å². The molecular formula is C21H30N4O7. The van der Waals surface area contributed by atoms with E-state index in [0.29, 0.717) is 0 Å². The van der Waals surface area contributed by atoms with Gasteiger partial charge in [-0.3, -0.25) is 19.2 Å². The van der Waals surface area contributed by atoms with E-state index in [0.717, 1.165) is 5.56 Å². The summed E-state index contributed by atoms with van der Waals surface area (Å²) >= 11 is 0. The zero-order valence-electron chi connectivity index (χ0n) is 18.2. The molecule has 1 aromatic carbocycles. The summed E-state index contributed by atoms with van der Waals surface area (Å²) in [5.41, 5.74) is 6.82. The SMILES string of the molecule is CC(NC(=O)C(NC(=O)C(N)Cc1ccccc1)C(C)C)C(=O)NC(CC(=O)O)C(=O)O. The number of carbonyl (C=O) groups is 5. The highest BCUT2D eigenvalue weighted by Crippen LogP contribution is 2.06. The monoisotopic (exact) mass is 450 g/mol. The van der Waals surface area contributed by atoms with Crippen LogP contribution >= 0.6 is 0 Å². The number of hydrogen-bond acceptors (Lipinski definition) is 6. The Bertz CT molecular complexity index is 829. The maximum absolute atomic E-state index is 12.7. The molecule has 11 nitrogen and oxygen atoms in total. The van der Waals surface area contributed by atoms with E-state index in [-0.39, 0.29) is 12.3 Å². The standard InChI is InChI=1S/C21H30N4O7/c1-11(2)17(25-19(29)14(22)9-13-7-5-4-6-8-13)20(30)23-12(3)18(28)24-15(21(31)32)10-16(26)27/h4-8,11-12,14-15,17H,9-10,22H2,1-3H3,(H,23,30)(H,24,28)(H,25,29)(H,26,27)(H,31,32). The molecule has 176 valence electrons. The number of nitrogens with two attached hydrogens (primary N) is 1. The van der Waals surface area contributed by atoms with E-state index in [9.17, 15) is 24.0 Å². The summed E-state index contributed by atoms with van der Waals surface area (Å²) in [6.45, 7) is 4.71. The molecule has 0 radical (unpaired) electrons. The Kier molecular flexibility index (Phi) is 10.3. The van der Waals surface area contributed by atoms with Gasteiger partial charge < -0.3 is 31.9 Å². The Balaban J connectivity index is 2.72. The van der Waals surface area contributed by atoms with Gasteiger partial charge in [-0.15, -0.1) is 0 Å². The minimum absolute atomic E-state index is 0.276. The fraction of sp³-hybridized carbons (Fsp3) is 0.476. The molecule has 0 aliphatic heterocycles. The fourth-order valence-corrected chi connectivity index (χ4v) is 2.80. The first kappa shape index (κ1) is 26.6. The second-order valence-corrected chi connectivity index (χ2v) is 7.75. The van der Waals surface area contributed by atoms with Crippen LogP contribution in [0.4, 0.5) is 0 Å². The summed E-state index contributed by atoms with van der Waals surface area (Å²) < 4.78 is 0. The summed E-state index contributed by atoms with van der Waals surface area (Å²) in [4.78, 5) is 59.2. The normalized spacial score (nSPS) is 14.5. The second-order valence-electron chi connectivity index (χ2n) is 7.75. The van der Waals surface area contributed by atoms with E-state index in [1.165, 1.54) is 6.92 Å². The zero-order valence-corrected chi connectivity index (χ0v) is 18.2.